The van der Waals surface area contributed by atoms with E-state index in [1.807, 2.05) is 6.92 Å². The van der Waals surface area contributed by atoms with Crippen LogP contribution in [0.15, 0.2) is 4.99 Å². The second-order valence-electron chi connectivity index (χ2n) is 9.34. The van der Waals surface area contributed by atoms with Crippen LogP contribution < -0.4 is 38.9 Å². The van der Waals surface area contributed by atoms with Gasteiger partial charge in [-0.2, -0.15) is 0 Å². The summed E-state index contributed by atoms with van der Waals surface area (Å²) in [5.74, 6) is -3.47. The van der Waals surface area contributed by atoms with Gasteiger partial charge in [0.2, 0.25) is 17.7 Å². The van der Waals surface area contributed by atoms with Gasteiger partial charge < -0.3 is 44.0 Å². The summed E-state index contributed by atoms with van der Waals surface area (Å²) in [7, 11) is 0. The van der Waals surface area contributed by atoms with Crippen LogP contribution in [0.5, 0.6) is 0 Å². The molecular formula is C23H46N8O5. The van der Waals surface area contributed by atoms with E-state index in [-0.39, 0.29) is 24.2 Å². The van der Waals surface area contributed by atoms with Crippen molar-refractivity contribution in [2.24, 2.45) is 39.8 Å². The van der Waals surface area contributed by atoms with Crippen LogP contribution in [0.2, 0.25) is 0 Å². The molecule has 12 N–H and O–H groups in total. The van der Waals surface area contributed by atoms with Crippen molar-refractivity contribution in [3.8, 4) is 0 Å². The molecule has 0 rings (SSSR count). The number of nitrogens with two attached hydrogens (primary N) is 4. The molecule has 0 saturated heterocycles. The first-order valence-electron chi connectivity index (χ1n) is 12.5. The van der Waals surface area contributed by atoms with Gasteiger partial charge in [-0.15, -0.1) is 0 Å². The lowest BCUT2D eigenvalue weighted by Crippen LogP contribution is -2.58. The topological polar surface area (TPSA) is 241 Å². The lowest BCUT2D eigenvalue weighted by molar-refractivity contribution is -0.144. The number of amides is 3. The molecule has 0 saturated carbocycles. The molecule has 3 amide bonds. The SMILES string of the molecule is CCC(C)C(NC(=O)C(CCCCN)NC(=O)C(NC(=O)C(N)CCCN=C(N)N)C(C)C)C(=O)O. The van der Waals surface area contributed by atoms with Crippen LogP contribution in [0.25, 0.3) is 0 Å². The Morgan fingerprint density at radius 3 is 1.97 bits per heavy atom. The molecule has 0 radical (unpaired) electrons. The van der Waals surface area contributed by atoms with Crippen molar-refractivity contribution >= 4 is 29.7 Å². The van der Waals surface area contributed by atoms with E-state index in [1.165, 1.54) is 0 Å². The van der Waals surface area contributed by atoms with E-state index in [4.69, 9.17) is 22.9 Å². The van der Waals surface area contributed by atoms with Crippen LogP contribution in [0.1, 0.15) is 66.2 Å². The quantitative estimate of drug-likeness (QED) is 0.0617. The summed E-state index contributed by atoms with van der Waals surface area (Å²) in [6, 6.07) is -3.89. The predicted octanol–water partition coefficient (Wildman–Crippen LogP) is -1.26. The molecule has 0 aliphatic carbocycles. The van der Waals surface area contributed by atoms with Crippen LogP contribution in [-0.2, 0) is 19.2 Å². The number of aliphatic imine (C=N–C) groups is 1. The van der Waals surface area contributed by atoms with Crippen molar-refractivity contribution in [3.05, 3.63) is 0 Å². The van der Waals surface area contributed by atoms with Crippen LogP contribution in [0.4, 0.5) is 0 Å². The van der Waals surface area contributed by atoms with Gasteiger partial charge in [0.05, 0.1) is 6.04 Å². The predicted molar refractivity (Wildman–Crippen MR) is 139 cm³/mol. The highest BCUT2D eigenvalue weighted by molar-refractivity contribution is 5.94. The number of carboxylic acid groups (broad SMARTS) is 1. The van der Waals surface area contributed by atoms with Gasteiger partial charge in [-0.3, -0.25) is 19.4 Å². The van der Waals surface area contributed by atoms with E-state index in [0.717, 1.165) is 0 Å². The lowest BCUT2D eigenvalue weighted by atomic mass is 9.98. The number of nitrogens with zero attached hydrogens (tertiary/aromatic N) is 1. The number of rotatable bonds is 18. The average molecular weight is 515 g/mol. The van der Waals surface area contributed by atoms with Crippen molar-refractivity contribution < 1.29 is 24.3 Å². The highest BCUT2D eigenvalue weighted by Gasteiger charge is 2.32. The monoisotopic (exact) mass is 514 g/mol. The van der Waals surface area contributed by atoms with Crippen molar-refractivity contribution in [1.82, 2.24) is 16.0 Å². The standard InChI is InChI=1S/C23H46N8O5/c1-5-14(4)18(22(35)36)31-20(33)16(10-6-7-11-24)29-21(34)17(13(2)3)30-19(32)15(25)9-8-12-28-23(26)27/h13-18H,5-12,24-25H2,1-4H3,(H,29,34)(H,30,32)(H,31,33)(H,35,36)(H4,26,27,28). The molecule has 208 valence electrons. The second-order valence-corrected chi connectivity index (χ2v) is 9.34. The molecular weight excluding hydrogens is 468 g/mol. The minimum Gasteiger partial charge on any atom is -0.480 e. The lowest BCUT2D eigenvalue weighted by Gasteiger charge is -2.28. The maximum Gasteiger partial charge on any atom is 0.326 e. The Hall–Kier alpha value is -2.93. The first kappa shape index (κ1) is 33.1. The van der Waals surface area contributed by atoms with Crippen molar-refractivity contribution in [2.45, 2.75) is 90.4 Å². The summed E-state index contributed by atoms with van der Waals surface area (Å²) in [4.78, 5) is 54.2. The van der Waals surface area contributed by atoms with Gasteiger partial charge in [0, 0.05) is 6.54 Å². The average Bonchev–Trinajstić information content (AvgIpc) is 2.81. The number of nitrogens with one attached hydrogen (secondary N) is 3. The Labute approximate surface area is 213 Å². The van der Waals surface area contributed by atoms with E-state index in [9.17, 15) is 24.3 Å². The molecule has 13 nitrogen and oxygen atoms in total. The summed E-state index contributed by atoms with van der Waals surface area (Å²) in [6.45, 7) is 7.80. The van der Waals surface area contributed by atoms with Crippen LogP contribution in [-0.4, -0.2) is 72.0 Å². The summed E-state index contributed by atoms with van der Waals surface area (Å²) < 4.78 is 0. The smallest absolute Gasteiger partial charge is 0.326 e. The highest BCUT2D eigenvalue weighted by Crippen LogP contribution is 2.11. The molecule has 0 aromatic heterocycles. The molecule has 5 atom stereocenters. The van der Waals surface area contributed by atoms with E-state index in [0.29, 0.717) is 45.2 Å². The maximum absolute atomic E-state index is 13.1. The Balaban J connectivity index is 5.38. The van der Waals surface area contributed by atoms with Gasteiger partial charge in [-0.05, 0) is 50.5 Å². The van der Waals surface area contributed by atoms with Gasteiger partial charge in [0.25, 0.3) is 0 Å². The minimum atomic E-state index is -1.15. The second kappa shape index (κ2) is 17.5. The molecule has 0 bridgehead atoms. The fraction of sp³-hybridized carbons (Fsp3) is 0.783. The minimum absolute atomic E-state index is 0.0477. The number of hydrogen-bond acceptors (Lipinski definition) is 7. The number of unbranched alkanes of at least 4 members (excludes halogenated alkanes) is 1. The molecule has 5 unspecified atom stereocenters. The molecule has 36 heavy (non-hydrogen) atoms. The number of aliphatic carboxylic acids is 1. The first-order chi connectivity index (χ1) is 16.8. The molecule has 0 aliphatic rings. The summed E-state index contributed by atoms with van der Waals surface area (Å²) >= 11 is 0. The van der Waals surface area contributed by atoms with Gasteiger partial charge >= 0.3 is 5.97 Å². The molecule has 0 aromatic rings. The number of carbonyl (C=O) groups excluding carboxylic acids is 3. The molecule has 0 aliphatic heterocycles. The molecule has 0 spiro atoms. The van der Waals surface area contributed by atoms with E-state index in [2.05, 4.69) is 20.9 Å². The largest absolute Gasteiger partial charge is 0.480 e. The van der Waals surface area contributed by atoms with Gasteiger partial charge in [-0.1, -0.05) is 34.1 Å². The zero-order valence-corrected chi connectivity index (χ0v) is 22.0. The Morgan fingerprint density at radius 1 is 0.861 bits per heavy atom. The first-order valence-corrected chi connectivity index (χ1v) is 12.5. The highest BCUT2D eigenvalue weighted by atomic mass is 16.4. The van der Waals surface area contributed by atoms with Crippen LogP contribution in [0.3, 0.4) is 0 Å². The zero-order chi connectivity index (χ0) is 27.8. The maximum atomic E-state index is 13.1. The van der Waals surface area contributed by atoms with E-state index >= 15 is 0 Å². The normalized spacial score (nSPS) is 15.2. The molecule has 0 fully saturated rings. The number of hydrogen-bond donors (Lipinski definition) is 8. The third-order valence-electron chi connectivity index (χ3n) is 5.91. The zero-order valence-electron chi connectivity index (χ0n) is 22.0. The molecule has 13 heteroatoms. The number of guanidine groups is 1. The molecule has 0 aromatic carbocycles. The van der Waals surface area contributed by atoms with Gasteiger partial charge in [-0.25, -0.2) is 4.79 Å². The van der Waals surface area contributed by atoms with Crippen molar-refractivity contribution in [3.63, 3.8) is 0 Å². The fourth-order valence-electron chi connectivity index (χ4n) is 3.41. The number of carboxylic acids is 1. The van der Waals surface area contributed by atoms with Crippen molar-refractivity contribution in [1.29, 1.82) is 0 Å². The Morgan fingerprint density at radius 2 is 1.47 bits per heavy atom. The van der Waals surface area contributed by atoms with Crippen molar-refractivity contribution in [2.75, 3.05) is 13.1 Å². The fourth-order valence-corrected chi connectivity index (χ4v) is 3.41. The summed E-state index contributed by atoms with van der Waals surface area (Å²) in [5.41, 5.74) is 22.1. The van der Waals surface area contributed by atoms with Gasteiger partial charge in [0.1, 0.15) is 18.1 Å². The van der Waals surface area contributed by atoms with Crippen LogP contribution in [0, 0.1) is 11.8 Å². The third-order valence-corrected chi connectivity index (χ3v) is 5.91. The van der Waals surface area contributed by atoms with Crippen LogP contribution >= 0.6 is 0 Å². The summed E-state index contributed by atoms with van der Waals surface area (Å²) in [6.07, 6.45) is 2.79. The molecule has 0 heterocycles. The third kappa shape index (κ3) is 12.7. The van der Waals surface area contributed by atoms with E-state index < -0.39 is 47.9 Å². The van der Waals surface area contributed by atoms with E-state index in [1.54, 1.807) is 20.8 Å². The summed E-state index contributed by atoms with van der Waals surface area (Å²) in [5, 5.41) is 17.4. The Bertz CT molecular complexity index is 742. The van der Waals surface area contributed by atoms with Gasteiger partial charge in [0.15, 0.2) is 5.96 Å². The Kier molecular flexibility index (Phi) is 16.1. The number of carbonyl (C=O) groups is 4.